The van der Waals surface area contributed by atoms with E-state index in [1.807, 2.05) is 29.2 Å². The van der Waals surface area contributed by atoms with Gasteiger partial charge in [0.15, 0.2) is 0 Å². The maximum Gasteiger partial charge on any atom is 0.227 e. The zero-order chi connectivity index (χ0) is 13.7. The quantitative estimate of drug-likeness (QED) is 0.805. The van der Waals surface area contributed by atoms with E-state index in [4.69, 9.17) is 10.8 Å². The Hall–Kier alpha value is -1.39. The van der Waals surface area contributed by atoms with Crippen LogP contribution in [0.15, 0.2) is 24.3 Å². The van der Waals surface area contributed by atoms with Gasteiger partial charge in [-0.25, -0.2) is 0 Å². The van der Waals surface area contributed by atoms with Crippen LogP contribution < -0.4 is 5.73 Å². The lowest BCUT2D eigenvalue weighted by Gasteiger charge is -2.37. The van der Waals surface area contributed by atoms with Crippen molar-refractivity contribution in [3.05, 3.63) is 35.4 Å². The maximum absolute atomic E-state index is 12.3. The van der Waals surface area contributed by atoms with Gasteiger partial charge in [0.2, 0.25) is 5.91 Å². The Bertz CT molecular complexity index is 413. The topological polar surface area (TPSA) is 66.6 Å². The van der Waals surface area contributed by atoms with E-state index < -0.39 is 0 Å². The van der Waals surface area contributed by atoms with Crippen molar-refractivity contribution in [2.75, 3.05) is 13.2 Å². The van der Waals surface area contributed by atoms with Crippen molar-refractivity contribution in [1.29, 1.82) is 0 Å². The summed E-state index contributed by atoms with van der Waals surface area (Å²) in [6, 6.07) is 8.17. The smallest absolute Gasteiger partial charge is 0.227 e. The number of hydrogen-bond acceptors (Lipinski definition) is 3. The molecule has 0 aromatic heterocycles. The third-order valence-electron chi connectivity index (χ3n) is 3.79. The number of benzene rings is 1. The van der Waals surface area contributed by atoms with E-state index in [0.29, 0.717) is 25.6 Å². The summed E-state index contributed by atoms with van der Waals surface area (Å²) in [4.78, 5) is 14.1. The molecule has 0 spiro atoms. The summed E-state index contributed by atoms with van der Waals surface area (Å²) in [6.45, 7) is 1.01. The third-order valence-corrected chi connectivity index (χ3v) is 3.79. The van der Waals surface area contributed by atoms with E-state index in [0.717, 1.165) is 24.0 Å². The first-order valence-electron chi connectivity index (χ1n) is 6.93. The molecule has 0 aliphatic heterocycles. The molecule has 1 aromatic rings. The lowest BCUT2D eigenvalue weighted by atomic mass is 9.91. The predicted molar refractivity (Wildman–Crippen MR) is 74.5 cm³/mol. The molecule has 0 bridgehead atoms. The lowest BCUT2D eigenvalue weighted by Crippen LogP contribution is -2.46. The van der Waals surface area contributed by atoms with Gasteiger partial charge in [0.05, 0.1) is 13.0 Å². The molecule has 1 saturated carbocycles. The van der Waals surface area contributed by atoms with E-state index in [2.05, 4.69) is 0 Å². The summed E-state index contributed by atoms with van der Waals surface area (Å²) < 4.78 is 0. The zero-order valence-corrected chi connectivity index (χ0v) is 11.2. The van der Waals surface area contributed by atoms with Gasteiger partial charge in [0.25, 0.3) is 0 Å². The van der Waals surface area contributed by atoms with Crippen molar-refractivity contribution in [3.8, 4) is 0 Å². The fourth-order valence-electron chi connectivity index (χ4n) is 2.39. The summed E-state index contributed by atoms with van der Waals surface area (Å²) in [7, 11) is 0. The van der Waals surface area contributed by atoms with Crippen LogP contribution in [-0.2, 0) is 17.8 Å². The number of rotatable bonds is 6. The summed E-state index contributed by atoms with van der Waals surface area (Å²) in [5.74, 6) is 0.110. The molecule has 104 valence electrons. The van der Waals surface area contributed by atoms with Crippen LogP contribution in [0.25, 0.3) is 0 Å². The summed E-state index contributed by atoms with van der Waals surface area (Å²) in [5.41, 5.74) is 7.63. The van der Waals surface area contributed by atoms with Crippen LogP contribution in [0, 0.1) is 0 Å². The lowest BCUT2D eigenvalue weighted by molar-refractivity contribution is -0.135. The highest BCUT2D eigenvalue weighted by Crippen LogP contribution is 2.25. The second kappa shape index (κ2) is 6.68. The first-order valence-corrected chi connectivity index (χ1v) is 6.93. The summed E-state index contributed by atoms with van der Waals surface area (Å²) in [5, 5.41) is 9.08. The molecule has 0 atom stereocenters. The number of hydrogen-bond donors (Lipinski definition) is 2. The molecule has 1 aromatic carbocycles. The highest BCUT2D eigenvalue weighted by Gasteiger charge is 2.28. The van der Waals surface area contributed by atoms with Crippen LogP contribution in [0.4, 0.5) is 0 Å². The van der Waals surface area contributed by atoms with E-state index in [1.54, 1.807) is 0 Å². The van der Waals surface area contributed by atoms with E-state index in [-0.39, 0.29) is 12.5 Å². The summed E-state index contributed by atoms with van der Waals surface area (Å²) >= 11 is 0. The van der Waals surface area contributed by atoms with Crippen molar-refractivity contribution in [2.24, 2.45) is 5.73 Å². The molecule has 0 radical (unpaired) electrons. The molecule has 0 heterocycles. The van der Waals surface area contributed by atoms with Gasteiger partial charge < -0.3 is 15.7 Å². The maximum atomic E-state index is 12.3. The van der Waals surface area contributed by atoms with Crippen LogP contribution in [0.2, 0.25) is 0 Å². The van der Waals surface area contributed by atoms with E-state index in [1.165, 1.54) is 6.42 Å². The Balaban J connectivity index is 1.96. The summed E-state index contributed by atoms with van der Waals surface area (Å²) in [6.07, 6.45) is 3.72. The van der Waals surface area contributed by atoms with Gasteiger partial charge in [-0.3, -0.25) is 4.79 Å². The molecule has 4 nitrogen and oxygen atoms in total. The monoisotopic (exact) mass is 262 g/mol. The number of nitrogens with two attached hydrogens (primary N) is 1. The van der Waals surface area contributed by atoms with Gasteiger partial charge in [0.1, 0.15) is 0 Å². The molecule has 2 rings (SSSR count). The molecule has 4 heteroatoms. The molecule has 0 unspecified atom stereocenters. The van der Waals surface area contributed by atoms with Crippen LogP contribution in [0.3, 0.4) is 0 Å². The van der Waals surface area contributed by atoms with Crippen LogP contribution in [0.1, 0.15) is 30.4 Å². The minimum atomic E-state index is 0.0361. The Morgan fingerprint density at radius 3 is 2.37 bits per heavy atom. The Labute approximate surface area is 114 Å². The van der Waals surface area contributed by atoms with Crippen molar-refractivity contribution in [2.45, 2.75) is 38.3 Å². The predicted octanol–water partition coefficient (Wildman–Crippen LogP) is 1.06. The molecule has 1 aliphatic carbocycles. The SMILES string of the molecule is NCc1ccc(CC(=O)N(CCO)C2CCC2)cc1. The van der Waals surface area contributed by atoms with Crippen LogP contribution in [-0.4, -0.2) is 35.1 Å². The van der Waals surface area contributed by atoms with Gasteiger partial charge in [-0.05, 0) is 30.4 Å². The first kappa shape index (κ1) is 14.0. The molecule has 3 N–H and O–H groups in total. The van der Waals surface area contributed by atoms with Crippen molar-refractivity contribution in [3.63, 3.8) is 0 Å². The largest absolute Gasteiger partial charge is 0.395 e. The molecule has 19 heavy (non-hydrogen) atoms. The average molecular weight is 262 g/mol. The number of nitrogens with zero attached hydrogens (tertiary/aromatic N) is 1. The Morgan fingerprint density at radius 1 is 1.26 bits per heavy atom. The highest BCUT2D eigenvalue weighted by molar-refractivity contribution is 5.79. The number of aliphatic hydroxyl groups excluding tert-OH is 1. The molecular formula is C15H22N2O2. The Morgan fingerprint density at radius 2 is 1.89 bits per heavy atom. The number of amides is 1. The zero-order valence-electron chi connectivity index (χ0n) is 11.2. The number of carbonyl (C=O) groups is 1. The highest BCUT2D eigenvalue weighted by atomic mass is 16.3. The van der Waals surface area contributed by atoms with Crippen LogP contribution >= 0.6 is 0 Å². The van der Waals surface area contributed by atoms with Crippen molar-refractivity contribution < 1.29 is 9.90 Å². The molecule has 0 saturated heterocycles. The molecule has 1 aliphatic rings. The normalized spacial score (nSPS) is 15.1. The fourth-order valence-corrected chi connectivity index (χ4v) is 2.39. The minimum Gasteiger partial charge on any atom is -0.395 e. The number of carbonyl (C=O) groups excluding carboxylic acids is 1. The second-order valence-electron chi connectivity index (χ2n) is 5.09. The standard InChI is InChI=1S/C15H22N2O2/c16-11-13-6-4-12(5-7-13)10-15(19)17(8-9-18)14-2-1-3-14/h4-7,14,18H,1-3,8-11,16H2. The van der Waals surface area contributed by atoms with Crippen LogP contribution in [0.5, 0.6) is 0 Å². The van der Waals surface area contributed by atoms with Gasteiger partial charge in [-0.15, -0.1) is 0 Å². The van der Waals surface area contributed by atoms with Gasteiger partial charge in [-0.1, -0.05) is 24.3 Å². The van der Waals surface area contributed by atoms with E-state index >= 15 is 0 Å². The Kier molecular flexibility index (Phi) is 4.93. The fraction of sp³-hybridized carbons (Fsp3) is 0.533. The first-order chi connectivity index (χ1) is 9.24. The van der Waals surface area contributed by atoms with Gasteiger partial charge in [0, 0.05) is 19.1 Å². The third kappa shape index (κ3) is 3.55. The minimum absolute atomic E-state index is 0.0361. The molecule has 1 amide bonds. The van der Waals surface area contributed by atoms with Gasteiger partial charge in [-0.2, -0.15) is 0 Å². The van der Waals surface area contributed by atoms with Crippen molar-refractivity contribution >= 4 is 5.91 Å². The molecule has 1 fully saturated rings. The van der Waals surface area contributed by atoms with E-state index in [9.17, 15) is 4.79 Å². The number of aliphatic hydroxyl groups is 1. The van der Waals surface area contributed by atoms with Gasteiger partial charge >= 0.3 is 0 Å². The average Bonchev–Trinajstić information content (AvgIpc) is 2.37. The molecular weight excluding hydrogens is 240 g/mol. The second-order valence-corrected chi connectivity index (χ2v) is 5.09. The van der Waals surface area contributed by atoms with Crippen molar-refractivity contribution in [1.82, 2.24) is 4.90 Å².